The van der Waals surface area contributed by atoms with Gasteiger partial charge in [0.05, 0.1) is 9.99 Å². The van der Waals surface area contributed by atoms with E-state index >= 15 is 0 Å². The molecule has 0 saturated carbocycles. The van der Waals surface area contributed by atoms with Crippen LogP contribution in [0.2, 0.25) is 0 Å². The minimum atomic E-state index is -0.780. The highest BCUT2D eigenvalue weighted by Crippen LogP contribution is 2.18. The summed E-state index contributed by atoms with van der Waals surface area (Å²) in [5.74, 6) is -0.824. The summed E-state index contributed by atoms with van der Waals surface area (Å²) in [6.45, 7) is 7.00. The lowest BCUT2D eigenvalue weighted by atomic mass is 10.3. The number of allylic oxidation sites excluding steroid dienone is 1. The van der Waals surface area contributed by atoms with Crippen molar-refractivity contribution < 1.29 is 9.18 Å². The fourth-order valence-corrected chi connectivity index (χ4v) is 1.82. The average Bonchev–Trinajstić information content (AvgIpc) is 2.34. The largest absolute Gasteiger partial charge is 0.351 e. The Morgan fingerprint density at radius 2 is 2.37 bits per heavy atom. The number of alkyl halides is 1. The van der Waals surface area contributed by atoms with Crippen LogP contribution >= 0.6 is 34.2 Å². The molecule has 2 N–H and O–H groups in total. The van der Waals surface area contributed by atoms with Gasteiger partial charge in [-0.25, -0.2) is 9.37 Å². The van der Waals surface area contributed by atoms with E-state index in [9.17, 15) is 9.18 Å². The van der Waals surface area contributed by atoms with Crippen LogP contribution in [-0.4, -0.2) is 16.4 Å². The van der Waals surface area contributed by atoms with Crippen molar-refractivity contribution in [3.63, 3.8) is 0 Å². The molecule has 1 aromatic rings. The van der Waals surface area contributed by atoms with E-state index in [1.54, 1.807) is 0 Å². The number of carbonyl (C=O) groups excluding carboxylic acids is 1. The van der Waals surface area contributed by atoms with E-state index in [0.29, 0.717) is 9.27 Å². The summed E-state index contributed by atoms with van der Waals surface area (Å²) in [4.78, 5) is 15.3. The maximum Gasteiger partial charge on any atom is 0.227 e. The lowest BCUT2D eigenvalue weighted by Gasteiger charge is -2.13. The fourth-order valence-electron chi connectivity index (χ4n) is 1.16. The predicted octanol–water partition coefficient (Wildman–Crippen LogP) is 3.01. The van der Waals surface area contributed by atoms with E-state index in [-0.39, 0.29) is 18.1 Å². The van der Waals surface area contributed by atoms with Crippen molar-refractivity contribution >= 4 is 45.9 Å². The van der Waals surface area contributed by atoms with Gasteiger partial charge >= 0.3 is 0 Å². The summed E-state index contributed by atoms with van der Waals surface area (Å²) >= 11 is 7.77. The molecule has 1 aromatic heterocycles. The van der Waals surface area contributed by atoms with Crippen molar-refractivity contribution in [1.82, 2.24) is 10.3 Å². The maximum atomic E-state index is 13.6. The first-order valence-electron chi connectivity index (χ1n) is 5.26. The predicted molar refractivity (Wildman–Crippen MR) is 82.3 cm³/mol. The van der Waals surface area contributed by atoms with Crippen LogP contribution in [0.15, 0.2) is 37.2 Å². The first-order valence-corrected chi connectivity index (χ1v) is 6.77. The first-order chi connectivity index (χ1) is 8.93. The Bertz CT molecular complexity index is 510. The molecule has 0 fully saturated rings. The van der Waals surface area contributed by atoms with Crippen molar-refractivity contribution in [1.29, 1.82) is 0 Å². The van der Waals surface area contributed by atoms with Crippen LogP contribution in [0, 0.1) is 9.39 Å². The summed E-state index contributed by atoms with van der Waals surface area (Å²) < 4.78 is 14.1. The normalized spacial score (nSPS) is 11.5. The van der Waals surface area contributed by atoms with Crippen molar-refractivity contribution in [2.24, 2.45) is 0 Å². The van der Waals surface area contributed by atoms with Gasteiger partial charge in [-0.3, -0.25) is 4.79 Å². The highest BCUT2D eigenvalue weighted by Gasteiger charge is 2.14. The molecule has 0 bridgehead atoms. The van der Waals surface area contributed by atoms with Gasteiger partial charge in [0, 0.05) is 11.9 Å². The zero-order valence-corrected chi connectivity index (χ0v) is 12.8. The standard InChI is InChI=1S/C12H12ClFIN3O/c1-3-7(2)17-10(19)6-9(13)18-12-11(14)8(15)4-5-16-12/h3-5,9H,1-2,6H2,(H,16,18)(H,17,19). The molecule has 4 nitrogen and oxygen atoms in total. The van der Waals surface area contributed by atoms with Gasteiger partial charge in [-0.2, -0.15) is 0 Å². The van der Waals surface area contributed by atoms with Crippen LogP contribution in [-0.2, 0) is 4.79 Å². The van der Waals surface area contributed by atoms with Gasteiger partial charge in [-0.05, 0) is 34.7 Å². The average molecular weight is 396 g/mol. The smallest absolute Gasteiger partial charge is 0.227 e. The van der Waals surface area contributed by atoms with Crippen LogP contribution in [0.25, 0.3) is 0 Å². The summed E-state index contributed by atoms with van der Waals surface area (Å²) in [5, 5.41) is 5.11. The lowest BCUT2D eigenvalue weighted by Crippen LogP contribution is -2.27. The van der Waals surface area contributed by atoms with Crippen LogP contribution in [0.4, 0.5) is 10.2 Å². The summed E-state index contributed by atoms with van der Waals surface area (Å²) in [5.41, 5.74) is -0.398. The third-order valence-electron chi connectivity index (χ3n) is 2.05. The lowest BCUT2D eigenvalue weighted by molar-refractivity contribution is -0.120. The number of anilines is 1. The Balaban J connectivity index is 2.58. The number of nitrogens with zero attached hydrogens (tertiary/aromatic N) is 1. The molecule has 0 aromatic carbocycles. The molecular formula is C12H12ClFIN3O. The molecule has 0 aliphatic carbocycles. The highest BCUT2D eigenvalue weighted by molar-refractivity contribution is 14.1. The second-order valence-electron chi connectivity index (χ2n) is 3.55. The number of halogens is 3. The number of hydrogen-bond donors (Lipinski definition) is 2. The molecule has 0 saturated heterocycles. The zero-order valence-electron chi connectivity index (χ0n) is 9.92. The maximum absolute atomic E-state index is 13.6. The number of amides is 1. The van der Waals surface area contributed by atoms with E-state index in [0.717, 1.165) is 0 Å². The van der Waals surface area contributed by atoms with Gasteiger partial charge in [0.1, 0.15) is 5.50 Å². The molecule has 19 heavy (non-hydrogen) atoms. The molecule has 1 heterocycles. The van der Waals surface area contributed by atoms with E-state index in [1.807, 2.05) is 22.6 Å². The van der Waals surface area contributed by atoms with Gasteiger partial charge in [0.25, 0.3) is 0 Å². The van der Waals surface area contributed by atoms with Crippen LogP contribution in [0.3, 0.4) is 0 Å². The molecule has 0 radical (unpaired) electrons. The molecule has 7 heteroatoms. The molecular weight excluding hydrogens is 384 g/mol. The zero-order chi connectivity index (χ0) is 14.4. The molecule has 102 valence electrons. The van der Waals surface area contributed by atoms with Gasteiger partial charge in [-0.15, -0.1) is 0 Å². The second kappa shape index (κ2) is 7.44. The number of carbonyl (C=O) groups is 1. The Kier molecular flexibility index (Phi) is 6.23. The number of hydrogen-bond acceptors (Lipinski definition) is 3. The van der Waals surface area contributed by atoms with Crippen molar-refractivity contribution in [3.8, 4) is 0 Å². The molecule has 0 spiro atoms. The van der Waals surface area contributed by atoms with Gasteiger partial charge in [0.15, 0.2) is 11.6 Å². The van der Waals surface area contributed by atoms with Crippen LogP contribution < -0.4 is 10.6 Å². The third kappa shape index (κ3) is 5.15. The topological polar surface area (TPSA) is 54.0 Å². The number of nitrogens with one attached hydrogen (secondary N) is 2. The summed E-state index contributed by atoms with van der Waals surface area (Å²) in [7, 11) is 0. The van der Waals surface area contributed by atoms with Gasteiger partial charge < -0.3 is 10.6 Å². The van der Waals surface area contributed by atoms with Crippen LogP contribution in [0.5, 0.6) is 0 Å². The quantitative estimate of drug-likeness (QED) is 0.337. The molecule has 1 amide bonds. The molecule has 1 rings (SSSR count). The highest BCUT2D eigenvalue weighted by atomic mass is 127. The Hall–Kier alpha value is -1.15. The third-order valence-corrected chi connectivity index (χ3v) is 3.14. The Morgan fingerprint density at radius 1 is 1.68 bits per heavy atom. The summed E-state index contributed by atoms with van der Waals surface area (Å²) in [6.07, 6.45) is 2.81. The molecule has 1 unspecified atom stereocenters. The fraction of sp³-hybridized carbons (Fsp3) is 0.167. The number of rotatable bonds is 6. The van der Waals surface area contributed by atoms with E-state index < -0.39 is 11.3 Å². The molecule has 0 aliphatic heterocycles. The molecule has 0 aliphatic rings. The summed E-state index contributed by atoms with van der Waals surface area (Å²) in [6, 6.07) is 1.53. The van der Waals surface area contributed by atoms with E-state index in [4.69, 9.17) is 11.6 Å². The van der Waals surface area contributed by atoms with Gasteiger partial charge in [-0.1, -0.05) is 24.8 Å². The monoisotopic (exact) mass is 395 g/mol. The first kappa shape index (κ1) is 15.9. The number of aromatic nitrogens is 1. The van der Waals surface area contributed by atoms with Gasteiger partial charge in [0.2, 0.25) is 5.91 Å². The van der Waals surface area contributed by atoms with Crippen LogP contribution in [0.1, 0.15) is 6.42 Å². The van der Waals surface area contributed by atoms with Crippen molar-refractivity contribution in [2.45, 2.75) is 11.9 Å². The Labute approximate surface area is 129 Å². The SMILES string of the molecule is C=CC(=C)NC(=O)CC(Cl)Nc1nccc(I)c1F. The minimum Gasteiger partial charge on any atom is -0.351 e. The van der Waals surface area contributed by atoms with E-state index in [1.165, 1.54) is 18.3 Å². The molecule has 1 atom stereocenters. The number of pyridine rings is 1. The second-order valence-corrected chi connectivity index (χ2v) is 5.24. The van der Waals surface area contributed by atoms with Crippen molar-refractivity contribution in [3.05, 3.63) is 46.6 Å². The van der Waals surface area contributed by atoms with E-state index in [2.05, 4.69) is 28.8 Å². The Morgan fingerprint density at radius 3 is 3.00 bits per heavy atom. The van der Waals surface area contributed by atoms with Crippen molar-refractivity contribution in [2.75, 3.05) is 5.32 Å². The minimum absolute atomic E-state index is 0.0160.